The molecule has 0 N–H and O–H groups in total. The van der Waals surface area contributed by atoms with Crippen LogP contribution in [0, 0.1) is 0 Å². The minimum absolute atomic E-state index is 0.685. The minimum Gasteiger partial charge on any atom is -0.496 e. The molecular formula is C8H9BrOS. The fourth-order valence-electron chi connectivity index (χ4n) is 0.884. The Morgan fingerprint density at radius 3 is 2.73 bits per heavy atom. The van der Waals surface area contributed by atoms with E-state index in [2.05, 4.69) is 28.6 Å². The molecule has 1 aromatic rings. The highest BCUT2D eigenvalue weighted by molar-refractivity contribution is 9.10. The molecular weight excluding hydrogens is 224 g/mol. The lowest BCUT2D eigenvalue weighted by atomic mass is 10.2. The summed E-state index contributed by atoms with van der Waals surface area (Å²) < 4.78 is 6.19. The molecule has 0 aromatic heterocycles. The van der Waals surface area contributed by atoms with Crippen molar-refractivity contribution in [3.05, 3.63) is 28.2 Å². The topological polar surface area (TPSA) is 9.23 Å². The van der Waals surface area contributed by atoms with Gasteiger partial charge in [0, 0.05) is 15.8 Å². The predicted molar refractivity (Wildman–Crippen MR) is 53.4 cm³/mol. The minimum atomic E-state index is 0.685. The largest absolute Gasteiger partial charge is 0.496 e. The monoisotopic (exact) mass is 232 g/mol. The third-order valence-electron chi connectivity index (χ3n) is 1.45. The second kappa shape index (κ2) is 4.02. The van der Waals surface area contributed by atoms with E-state index in [1.165, 1.54) is 0 Å². The smallest absolute Gasteiger partial charge is 0.124 e. The number of ether oxygens (including phenoxy) is 1. The first-order valence-corrected chi connectivity index (χ1v) is 4.64. The zero-order valence-corrected chi connectivity index (χ0v) is 8.65. The van der Waals surface area contributed by atoms with Gasteiger partial charge < -0.3 is 4.74 Å². The van der Waals surface area contributed by atoms with Gasteiger partial charge in [-0.1, -0.05) is 22.0 Å². The standard InChI is InChI=1S/C8H9BrOS/c1-10-8-4-2-3-7(9)6(8)5-11/h2-4,11H,5H2,1H3. The lowest BCUT2D eigenvalue weighted by Crippen LogP contribution is -1.89. The first-order valence-electron chi connectivity index (χ1n) is 3.22. The van der Waals surface area contributed by atoms with Crippen LogP contribution in [0.15, 0.2) is 22.7 Å². The third kappa shape index (κ3) is 1.91. The van der Waals surface area contributed by atoms with Gasteiger partial charge in [0.15, 0.2) is 0 Å². The molecule has 0 aliphatic carbocycles. The summed E-state index contributed by atoms with van der Waals surface area (Å²) in [5.41, 5.74) is 1.10. The Bertz CT molecular complexity index is 250. The second-order valence-corrected chi connectivity index (χ2v) is 3.25. The van der Waals surface area contributed by atoms with Crippen molar-refractivity contribution in [3.8, 4) is 5.75 Å². The summed E-state index contributed by atoms with van der Waals surface area (Å²) in [5.74, 6) is 1.57. The van der Waals surface area contributed by atoms with E-state index < -0.39 is 0 Å². The normalized spacial score (nSPS) is 9.73. The quantitative estimate of drug-likeness (QED) is 0.772. The lowest BCUT2D eigenvalue weighted by Gasteiger charge is -2.06. The fourth-order valence-corrected chi connectivity index (χ4v) is 1.91. The van der Waals surface area contributed by atoms with Crippen LogP contribution in [0.2, 0.25) is 0 Å². The molecule has 0 heterocycles. The van der Waals surface area contributed by atoms with Crippen LogP contribution in [-0.2, 0) is 5.75 Å². The van der Waals surface area contributed by atoms with Crippen molar-refractivity contribution < 1.29 is 4.74 Å². The van der Waals surface area contributed by atoms with E-state index >= 15 is 0 Å². The summed E-state index contributed by atoms with van der Waals surface area (Å²) in [6.07, 6.45) is 0. The van der Waals surface area contributed by atoms with Gasteiger partial charge in [0.1, 0.15) is 5.75 Å². The van der Waals surface area contributed by atoms with Crippen molar-refractivity contribution in [1.29, 1.82) is 0 Å². The maximum absolute atomic E-state index is 5.14. The molecule has 0 saturated heterocycles. The molecule has 0 bridgehead atoms. The van der Waals surface area contributed by atoms with E-state index in [1.54, 1.807) is 7.11 Å². The second-order valence-electron chi connectivity index (χ2n) is 2.08. The van der Waals surface area contributed by atoms with Gasteiger partial charge in [0.25, 0.3) is 0 Å². The van der Waals surface area contributed by atoms with Crippen LogP contribution in [-0.4, -0.2) is 7.11 Å². The van der Waals surface area contributed by atoms with Gasteiger partial charge in [0.05, 0.1) is 7.11 Å². The van der Waals surface area contributed by atoms with E-state index in [1.807, 2.05) is 18.2 Å². The molecule has 0 spiro atoms. The van der Waals surface area contributed by atoms with Gasteiger partial charge in [-0.2, -0.15) is 12.6 Å². The molecule has 1 rings (SSSR count). The Morgan fingerprint density at radius 2 is 2.27 bits per heavy atom. The zero-order chi connectivity index (χ0) is 8.27. The van der Waals surface area contributed by atoms with Crippen LogP contribution >= 0.6 is 28.6 Å². The zero-order valence-electron chi connectivity index (χ0n) is 6.17. The highest BCUT2D eigenvalue weighted by atomic mass is 79.9. The molecule has 0 saturated carbocycles. The van der Waals surface area contributed by atoms with Crippen LogP contribution in [0.25, 0.3) is 0 Å². The van der Waals surface area contributed by atoms with Crippen molar-refractivity contribution in [2.24, 2.45) is 0 Å². The highest BCUT2D eigenvalue weighted by Gasteiger charge is 2.03. The van der Waals surface area contributed by atoms with Crippen LogP contribution in [0.5, 0.6) is 5.75 Å². The van der Waals surface area contributed by atoms with Crippen LogP contribution in [0.4, 0.5) is 0 Å². The maximum Gasteiger partial charge on any atom is 0.124 e. The average molecular weight is 233 g/mol. The van der Waals surface area contributed by atoms with Crippen LogP contribution in [0.3, 0.4) is 0 Å². The van der Waals surface area contributed by atoms with Gasteiger partial charge in [-0.25, -0.2) is 0 Å². The highest BCUT2D eigenvalue weighted by Crippen LogP contribution is 2.27. The molecule has 0 atom stereocenters. The first kappa shape index (κ1) is 8.94. The van der Waals surface area contributed by atoms with Crippen LogP contribution in [0.1, 0.15) is 5.56 Å². The molecule has 1 aromatic carbocycles. The Balaban J connectivity index is 3.13. The van der Waals surface area contributed by atoms with E-state index in [4.69, 9.17) is 4.74 Å². The van der Waals surface area contributed by atoms with E-state index in [-0.39, 0.29) is 0 Å². The maximum atomic E-state index is 5.14. The number of methoxy groups -OCH3 is 1. The van der Waals surface area contributed by atoms with Gasteiger partial charge >= 0.3 is 0 Å². The molecule has 0 unspecified atom stereocenters. The summed E-state index contributed by atoms with van der Waals surface area (Å²) >= 11 is 7.61. The van der Waals surface area contributed by atoms with Crippen LogP contribution < -0.4 is 4.74 Å². The molecule has 1 nitrogen and oxygen atoms in total. The summed E-state index contributed by atoms with van der Waals surface area (Å²) in [4.78, 5) is 0. The molecule has 0 fully saturated rings. The predicted octanol–water partition coefficient (Wildman–Crippen LogP) is 2.89. The molecule has 3 heteroatoms. The number of benzene rings is 1. The number of halogens is 1. The van der Waals surface area contributed by atoms with Gasteiger partial charge in [-0.05, 0) is 12.1 Å². The SMILES string of the molecule is COc1cccc(Br)c1CS. The number of thiol groups is 1. The Labute approximate surface area is 80.3 Å². The molecule has 11 heavy (non-hydrogen) atoms. The first-order chi connectivity index (χ1) is 5.29. The van der Waals surface area contributed by atoms with Gasteiger partial charge in [0.2, 0.25) is 0 Å². The van der Waals surface area contributed by atoms with Crippen molar-refractivity contribution in [2.45, 2.75) is 5.75 Å². The van der Waals surface area contributed by atoms with E-state index in [9.17, 15) is 0 Å². The average Bonchev–Trinajstić information content (AvgIpc) is 2.04. The van der Waals surface area contributed by atoms with Gasteiger partial charge in [-0.15, -0.1) is 0 Å². The number of rotatable bonds is 2. The lowest BCUT2D eigenvalue weighted by molar-refractivity contribution is 0.411. The number of hydrogen-bond donors (Lipinski definition) is 1. The Morgan fingerprint density at radius 1 is 1.55 bits per heavy atom. The van der Waals surface area contributed by atoms with Crippen molar-refractivity contribution in [1.82, 2.24) is 0 Å². The molecule has 60 valence electrons. The summed E-state index contributed by atoms with van der Waals surface area (Å²) in [6.45, 7) is 0. The van der Waals surface area contributed by atoms with Crippen molar-refractivity contribution in [3.63, 3.8) is 0 Å². The molecule has 0 radical (unpaired) electrons. The van der Waals surface area contributed by atoms with Crippen molar-refractivity contribution >= 4 is 28.6 Å². The van der Waals surface area contributed by atoms with Crippen molar-refractivity contribution in [2.75, 3.05) is 7.11 Å². The van der Waals surface area contributed by atoms with E-state index in [0.29, 0.717) is 5.75 Å². The van der Waals surface area contributed by atoms with Gasteiger partial charge in [-0.3, -0.25) is 0 Å². The molecule has 0 aliphatic heterocycles. The fraction of sp³-hybridized carbons (Fsp3) is 0.250. The van der Waals surface area contributed by atoms with E-state index in [0.717, 1.165) is 15.8 Å². The Hall–Kier alpha value is -0.150. The molecule has 0 amide bonds. The summed E-state index contributed by atoms with van der Waals surface area (Å²) in [5, 5.41) is 0. The molecule has 0 aliphatic rings. The summed E-state index contributed by atoms with van der Waals surface area (Å²) in [7, 11) is 1.66. The number of hydrogen-bond acceptors (Lipinski definition) is 2. The Kier molecular flexibility index (Phi) is 3.27. The summed E-state index contributed by atoms with van der Waals surface area (Å²) in [6, 6.07) is 5.85. The third-order valence-corrected chi connectivity index (χ3v) is 2.51.